The van der Waals surface area contributed by atoms with Gasteiger partial charge in [-0.25, -0.2) is 9.59 Å². The predicted molar refractivity (Wildman–Crippen MR) is 99.1 cm³/mol. The summed E-state index contributed by atoms with van der Waals surface area (Å²) in [6.07, 6.45) is 3.68. The van der Waals surface area contributed by atoms with Gasteiger partial charge in [-0.2, -0.15) is 0 Å². The van der Waals surface area contributed by atoms with E-state index in [1.807, 2.05) is 12.2 Å². The van der Waals surface area contributed by atoms with Crippen molar-refractivity contribution in [3.05, 3.63) is 52.5 Å². The summed E-state index contributed by atoms with van der Waals surface area (Å²) in [5.41, 5.74) is 0. The van der Waals surface area contributed by atoms with Crippen LogP contribution in [-0.4, -0.2) is 53.3 Å². The third-order valence-electron chi connectivity index (χ3n) is 2.57. The standard InChI is InChI=1S/C14H16Cl3NO.C2H2O4/c1-3-5-18(6-4-2)7-8-19-14-12(16)9-11(15)10-13(14)17;3-1(4)2(5)6/h3-4,9-10H,1-2,5-8H2;(H,3,4)(H,5,6). The van der Waals surface area contributed by atoms with Crippen LogP contribution in [0.5, 0.6) is 5.75 Å². The zero-order valence-corrected chi connectivity index (χ0v) is 15.5. The molecule has 0 aliphatic carbocycles. The Labute approximate surface area is 160 Å². The fourth-order valence-corrected chi connectivity index (χ4v) is 2.49. The van der Waals surface area contributed by atoms with Crippen LogP contribution in [0.2, 0.25) is 15.1 Å². The monoisotopic (exact) mass is 409 g/mol. The maximum Gasteiger partial charge on any atom is 0.414 e. The quantitative estimate of drug-likeness (QED) is 0.500. The fraction of sp³-hybridized carbons (Fsp3) is 0.250. The summed E-state index contributed by atoms with van der Waals surface area (Å²) in [6, 6.07) is 3.21. The first-order valence-electron chi connectivity index (χ1n) is 6.90. The van der Waals surface area contributed by atoms with E-state index in [0.29, 0.717) is 27.4 Å². The molecule has 1 aromatic carbocycles. The second-order valence-corrected chi connectivity index (χ2v) is 5.75. The number of carboxylic acids is 2. The highest BCUT2D eigenvalue weighted by molar-refractivity contribution is 6.40. The molecule has 0 bridgehead atoms. The third kappa shape index (κ3) is 9.99. The molecule has 2 N–H and O–H groups in total. The van der Waals surface area contributed by atoms with Gasteiger partial charge in [-0.1, -0.05) is 47.0 Å². The minimum Gasteiger partial charge on any atom is -0.489 e. The molecule has 0 saturated heterocycles. The van der Waals surface area contributed by atoms with Gasteiger partial charge in [0.1, 0.15) is 6.61 Å². The molecule has 0 unspecified atom stereocenters. The summed E-state index contributed by atoms with van der Waals surface area (Å²) in [6.45, 7) is 10.2. The van der Waals surface area contributed by atoms with Gasteiger partial charge in [-0.15, -0.1) is 13.2 Å². The average Bonchev–Trinajstić information content (AvgIpc) is 2.50. The number of carboxylic acid groups (broad SMARTS) is 2. The summed E-state index contributed by atoms with van der Waals surface area (Å²) in [5.74, 6) is -3.19. The van der Waals surface area contributed by atoms with Crippen molar-refractivity contribution in [1.29, 1.82) is 0 Å². The first-order valence-corrected chi connectivity index (χ1v) is 8.04. The molecule has 0 amide bonds. The Kier molecular flexibility index (Phi) is 11.7. The molecule has 1 rings (SSSR count). The molecule has 0 fully saturated rings. The molecule has 0 aliphatic heterocycles. The maximum absolute atomic E-state index is 9.10. The van der Waals surface area contributed by atoms with Gasteiger partial charge >= 0.3 is 11.9 Å². The van der Waals surface area contributed by atoms with E-state index < -0.39 is 11.9 Å². The first-order chi connectivity index (χ1) is 11.7. The van der Waals surface area contributed by atoms with Crippen molar-refractivity contribution in [2.24, 2.45) is 0 Å². The molecule has 0 heterocycles. The highest BCUT2D eigenvalue weighted by Crippen LogP contribution is 2.35. The van der Waals surface area contributed by atoms with Gasteiger partial charge in [0.05, 0.1) is 10.0 Å². The lowest BCUT2D eigenvalue weighted by atomic mass is 10.3. The number of aliphatic carboxylic acids is 2. The van der Waals surface area contributed by atoms with E-state index in [1.54, 1.807) is 12.1 Å². The van der Waals surface area contributed by atoms with E-state index in [-0.39, 0.29) is 0 Å². The van der Waals surface area contributed by atoms with Gasteiger partial charge in [0.15, 0.2) is 5.75 Å². The number of hydrogen-bond acceptors (Lipinski definition) is 4. The smallest absolute Gasteiger partial charge is 0.414 e. The summed E-state index contributed by atoms with van der Waals surface area (Å²) < 4.78 is 5.61. The van der Waals surface area contributed by atoms with Gasteiger partial charge < -0.3 is 14.9 Å². The second-order valence-electron chi connectivity index (χ2n) is 4.49. The molecule has 25 heavy (non-hydrogen) atoms. The Bertz CT molecular complexity index is 577. The van der Waals surface area contributed by atoms with Crippen LogP contribution in [0, 0.1) is 0 Å². The van der Waals surface area contributed by atoms with Crippen molar-refractivity contribution < 1.29 is 24.5 Å². The summed E-state index contributed by atoms with van der Waals surface area (Å²) in [7, 11) is 0. The molecule has 138 valence electrons. The van der Waals surface area contributed by atoms with E-state index in [9.17, 15) is 0 Å². The lowest BCUT2D eigenvalue weighted by Crippen LogP contribution is -2.28. The molecule has 6 nitrogen and oxygen atoms in total. The van der Waals surface area contributed by atoms with Crippen molar-refractivity contribution in [1.82, 2.24) is 4.90 Å². The molecule has 0 spiro atoms. The molecule has 0 atom stereocenters. The van der Waals surface area contributed by atoms with Crippen LogP contribution < -0.4 is 4.74 Å². The summed E-state index contributed by atoms with van der Waals surface area (Å²) >= 11 is 17.9. The molecule has 0 radical (unpaired) electrons. The summed E-state index contributed by atoms with van der Waals surface area (Å²) in [5, 5.41) is 16.1. The Hall–Kier alpha value is -1.73. The number of nitrogens with zero attached hydrogens (tertiary/aromatic N) is 1. The number of ether oxygens (including phenoxy) is 1. The molecule has 9 heteroatoms. The van der Waals surface area contributed by atoms with E-state index in [1.165, 1.54) is 0 Å². The van der Waals surface area contributed by atoms with E-state index in [4.69, 9.17) is 59.3 Å². The third-order valence-corrected chi connectivity index (χ3v) is 3.35. The van der Waals surface area contributed by atoms with Crippen LogP contribution in [0.25, 0.3) is 0 Å². The van der Waals surface area contributed by atoms with Gasteiger partial charge in [0.2, 0.25) is 0 Å². The first kappa shape index (κ1) is 23.3. The fourth-order valence-electron chi connectivity index (χ4n) is 1.57. The number of hydrogen-bond donors (Lipinski definition) is 2. The number of rotatable bonds is 8. The molecule has 0 aliphatic rings. The maximum atomic E-state index is 9.10. The normalized spacial score (nSPS) is 9.76. The number of benzene rings is 1. The Morgan fingerprint density at radius 2 is 1.48 bits per heavy atom. The van der Waals surface area contributed by atoms with Gasteiger partial charge in [0.25, 0.3) is 0 Å². The van der Waals surface area contributed by atoms with Crippen molar-refractivity contribution in [2.45, 2.75) is 0 Å². The molecule has 0 saturated carbocycles. The zero-order valence-electron chi connectivity index (χ0n) is 13.3. The Morgan fingerprint density at radius 1 is 1.04 bits per heavy atom. The van der Waals surface area contributed by atoms with Crippen LogP contribution in [-0.2, 0) is 9.59 Å². The van der Waals surface area contributed by atoms with E-state index >= 15 is 0 Å². The zero-order chi connectivity index (χ0) is 19.4. The van der Waals surface area contributed by atoms with Gasteiger partial charge in [-0.05, 0) is 12.1 Å². The highest BCUT2D eigenvalue weighted by Gasteiger charge is 2.10. The van der Waals surface area contributed by atoms with E-state index in [0.717, 1.165) is 19.6 Å². The minimum absolute atomic E-state index is 0.413. The molecular weight excluding hydrogens is 393 g/mol. The molecule has 0 aromatic heterocycles. The minimum atomic E-state index is -1.82. The van der Waals surface area contributed by atoms with Crippen LogP contribution in [0.4, 0.5) is 0 Å². The van der Waals surface area contributed by atoms with Gasteiger partial charge in [0, 0.05) is 24.7 Å². The number of carbonyl (C=O) groups is 2. The topological polar surface area (TPSA) is 87.1 Å². The van der Waals surface area contributed by atoms with Crippen molar-refractivity contribution in [3.63, 3.8) is 0 Å². The van der Waals surface area contributed by atoms with Crippen LogP contribution in [0.3, 0.4) is 0 Å². The molecule has 1 aromatic rings. The lowest BCUT2D eigenvalue weighted by Gasteiger charge is -2.19. The lowest BCUT2D eigenvalue weighted by molar-refractivity contribution is -0.159. The van der Waals surface area contributed by atoms with E-state index in [2.05, 4.69) is 18.1 Å². The summed E-state index contributed by atoms with van der Waals surface area (Å²) in [4.78, 5) is 20.3. The average molecular weight is 411 g/mol. The highest BCUT2D eigenvalue weighted by atomic mass is 35.5. The Balaban J connectivity index is 0.000000823. The van der Waals surface area contributed by atoms with Crippen molar-refractivity contribution in [3.8, 4) is 5.75 Å². The van der Waals surface area contributed by atoms with Crippen LogP contribution in [0.1, 0.15) is 0 Å². The SMILES string of the molecule is C=CCN(CC=C)CCOc1c(Cl)cc(Cl)cc1Cl.O=C(O)C(=O)O. The number of halogens is 3. The largest absolute Gasteiger partial charge is 0.489 e. The van der Waals surface area contributed by atoms with Crippen LogP contribution >= 0.6 is 34.8 Å². The molecular formula is C16H18Cl3NO5. The Morgan fingerprint density at radius 3 is 1.84 bits per heavy atom. The van der Waals surface area contributed by atoms with Crippen molar-refractivity contribution in [2.75, 3.05) is 26.2 Å². The van der Waals surface area contributed by atoms with Crippen molar-refractivity contribution >= 4 is 46.7 Å². The second kappa shape index (κ2) is 12.6. The van der Waals surface area contributed by atoms with Gasteiger partial charge in [-0.3, -0.25) is 4.90 Å². The predicted octanol–water partition coefficient (Wildman–Crippen LogP) is 3.86. The van der Waals surface area contributed by atoms with Crippen LogP contribution in [0.15, 0.2) is 37.4 Å².